The maximum Gasteiger partial charge on any atom is 1.00 e. The van der Waals surface area contributed by atoms with Crippen molar-refractivity contribution >= 4 is 15.6 Å². The molecule has 0 aromatic heterocycles. The van der Waals surface area contributed by atoms with Crippen molar-refractivity contribution in [3.8, 4) is 0 Å². The molecule has 0 saturated carbocycles. The van der Waals surface area contributed by atoms with Gasteiger partial charge in [-0.1, -0.05) is 0 Å². The van der Waals surface area contributed by atoms with Crippen molar-refractivity contribution in [1.82, 2.24) is 0 Å². The second-order valence-electron chi connectivity index (χ2n) is 1.30. The van der Waals surface area contributed by atoms with Gasteiger partial charge in [0.2, 0.25) is 0 Å². The molecule has 0 aromatic carbocycles. The van der Waals surface area contributed by atoms with Crippen LogP contribution in [-0.2, 0) is 18.2 Å². The van der Waals surface area contributed by atoms with Gasteiger partial charge in [-0.3, -0.25) is 9.13 Å². The van der Waals surface area contributed by atoms with Crippen LogP contribution in [0.1, 0.15) is 0 Å². The molecular formula is C2H8Na2O8P2. The molecule has 0 radical (unpaired) electrons. The second-order valence-corrected chi connectivity index (χ2v) is 3.91. The maximum absolute atomic E-state index is 9.36. The number of hydrogen-bond acceptors (Lipinski definition) is 6. The molecule has 0 saturated heterocycles. The Labute approximate surface area is 125 Å². The summed E-state index contributed by atoms with van der Waals surface area (Å²) >= 11 is 0. The summed E-state index contributed by atoms with van der Waals surface area (Å²) < 4.78 is 25.7. The minimum Gasteiger partial charge on any atom is -0.756 e. The van der Waals surface area contributed by atoms with Crippen molar-refractivity contribution in [2.75, 3.05) is 14.2 Å². The van der Waals surface area contributed by atoms with E-state index in [9.17, 15) is 18.9 Å². The molecule has 2 atom stereocenters. The van der Waals surface area contributed by atoms with Gasteiger partial charge in [-0.2, -0.15) is 0 Å². The first-order valence-electron chi connectivity index (χ1n) is 2.31. The third-order valence-electron chi connectivity index (χ3n) is 0.461. The van der Waals surface area contributed by atoms with Crippen LogP contribution in [0.15, 0.2) is 0 Å². The summed E-state index contributed by atoms with van der Waals surface area (Å²) in [4.78, 5) is 33.9. The standard InChI is InChI=1S/2CH5O4P.2Na/c2*1-5-6(2,3)4;;/h2*1H3,(H2,2,3,4);;/q;;2*+1/p-2. The predicted molar refractivity (Wildman–Crippen MR) is 33.7 cm³/mol. The van der Waals surface area contributed by atoms with E-state index in [1.165, 1.54) is 0 Å². The summed E-state index contributed by atoms with van der Waals surface area (Å²) in [6.45, 7) is 0. The summed E-state index contributed by atoms with van der Waals surface area (Å²) in [7, 11) is -7.03. The fraction of sp³-hybridized carbons (Fsp3) is 1.00. The Kier molecular flexibility index (Phi) is 21.0. The van der Waals surface area contributed by atoms with Crippen LogP contribution in [0.2, 0.25) is 0 Å². The number of rotatable bonds is 2. The van der Waals surface area contributed by atoms with Crippen LogP contribution < -0.4 is 68.9 Å². The van der Waals surface area contributed by atoms with Crippen LogP contribution in [-0.4, -0.2) is 24.0 Å². The van der Waals surface area contributed by atoms with E-state index in [-0.39, 0.29) is 59.1 Å². The molecule has 0 spiro atoms. The van der Waals surface area contributed by atoms with E-state index in [0.29, 0.717) is 0 Å². The molecule has 0 aromatic rings. The van der Waals surface area contributed by atoms with Crippen molar-refractivity contribution in [3.05, 3.63) is 0 Å². The Morgan fingerprint density at radius 1 is 0.929 bits per heavy atom. The van der Waals surface area contributed by atoms with Gasteiger partial charge in [-0.15, -0.1) is 0 Å². The Hall–Kier alpha value is 2.22. The topological polar surface area (TPSA) is 139 Å². The SMILES string of the molecule is COP(=O)([O-])O.COP(=O)([O-])O.[Na+].[Na+]. The molecule has 12 heteroatoms. The van der Waals surface area contributed by atoms with Crippen LogP contribution in [0.5, 0.6) is 0 Å². The monoisotopic (exact) mass is 268 g/mol. The molecule has 2 N–H and O–H groups in total. The quantitative estimate of drug-likeness (QED) is 0.372. The second kappa shape index (κ2) is 11.7. The molecular weight excluding hydrogens is 260 g/mol. The molecule has 0 aliphatic carbocycles. The Balaban J connectivity index is -0.0000000625. The molecule has 0 amide bonds. The van der Waals surface area contributed by atoms with Gasteiger partial charge in [-0.05, 0) is 0 Å². The Morgan fingerprint density at radius 2 is 1.00 bits per heavy atom. The average molecular weight is 268 g/mol. The number of phosphoric ester groups is 2. The zero-order valence-electron chi connectivity index (χ0n) is 8.24. The number of hydrogen-bond donors (Lipinski definition) is 2. The summed E-state index contributed by atoms with van der Waals surface area (Å²) in [5, 5.41) is 0. The molecule has 76 valence electrons. The van der Waals surface area contributed by atoms with Gasteiger partial charge in [0.25, 0.3) is 15.6 Å². The first-order valence-corrected chi connectivity index (χ1v) is 5.30. The van der Waals surface area contributed by atoms with Crippen LogP contribution in [0.4, 0.5) is 0 Å². The molecule has 2 unspecified atom stereocenters. The average Bonchev–Trinajstić information content (AvgIpc) is 1.86. The molecule has 14 heavy (non-hydrogen) atoms. The van der Waals surface area contributed by atoms with Crippen LogP contribution >= 0.6 is 15.6 Å². The van der Waals surface area contributed by atoms with Gasteiger partial charge < -0.3 is 28.6 Å². The molecule has 0 rings (SSSR count). The minimum atomic E-state index is -4.40. The van der Waals surface area contributed by atoms with Crippen LogP contribution in [0, 0.1) is 0 Å². The van der Waals surface area contributed by atoms with Gasteiger partial charge >= 0.3 is 59.1 Å². The minimum absolute atomic E-state index is 0. The maximum atomic E-state index is 9.36. The smallest absolute Gasteiger partial charge is 0.756 e. The van der Waals surface area contributed by atoms with Crippen molar-refractivity contribution in [1.29, 1.82) is 0 Å². The Bertz CT molecular complexity index is 174. The van der Waals surface area contributed by atoms with E-state index in [4.69, 9.17) is 9.79 Å². The predicted octanol–water partition coefficient (Wildman–Crippen LogP) is -7.80. The van der Waals surface area contributed by atoms with Gasteiger partial charge in [0.15, 0.2) is 0 Å². The number of phosphoric acid groups is 2. The normalized spacial score (nSPS) is 17.0. The van der Waals surface area contributed by atoms with Gasteiger partial charge in [0.05, 0.1) is 0 Å². The zero-order valence-corrected chi connectivity index (χ0v) is 14.0. The molecule has 0 heterocycles. The third-order valence-corrected chi connectivity index (χ3v) is 1.38. The van der Waals surface area contributed by atoms with Crippen LogP contribution in [0.25, 0.3) is 0 Å². The van der Waals surface area contributed by atoms with E-state index in [2.05, 4.69) is 9.05 Å². The molecule has 0 fully saturated rings. The van der Waals surface area contributed by atoms with E-state index in [1.807, 2.05) is 0 Å². The largest absolute Gasteiger partial charge is 1.00 e. The van der Waals surface area contributed by atoms with Crippen LogP contribution in [0.3, 0.4) is 0 Å². The summed E-state index contributed by atoms with van der Waals surface area (Å²) in [6.07, 6.45) is 0. The molecule has 8 nitrogen and oxygen atoms in total. The van der Waals surface area contributed by atoms with E-state index < -0.39 is 15.6 Å². The van der Waals surface area contributed by atoms with Crippen molar-refractivity contribution in [3.63, 3.8) is 0 Å². The van der Waals surface area contributed by atoms with Gasteiger partial charge in [0.1, 0.15) is 0 Å². The Morgan fingerprint density at radius 3 is 1.00 bits per heavy atom. The van der Waals surface area contributed by atoms with E-state index >= 15 is 0 Å². The summed E-state index contributed by atoms with van der Waals surface area (Å²) in [6, 6.07) is 0. The van der Waals surface area contributed by atoms with Gasteiger partial charge in [0, 0.05) is 14.2 Å². The first kappa shape index (κ1) is 25.2. The van der Waals surface area contributed by atoms with Crippen molar-refractivity contribution in [2.24, 2.45) is 0 Å². The zero-order chi connectivity index (χ0) is 10.4. The fourth-order valence-corrected chi connectivity index (χ4v) is 0. The van der Waals surface area contributed by atoms with Crippen molar-refractivity contribution in [2.45, 2.75) is 0 Å². The third kappa shape index (κ3) is 36.8. The first-order chi connectivity index (χ1) is 5.12. The summed E-state index contributed by atoms with van der Waals surface area (Å²) in [5.74, 6) is 0. The fourth-order valence-electron chi connectivity index (χ4n) is 0. The van der Waals surface area contributed by atoms with E-state index in [1.54, 1.807) is 0 Å². The molecule has 0 bridgehead atoms. The molecule has 0 aliphatic rings. The summed E-state index contributed by atoms with van der Waals surface area (Å²) in [5.41, 5.74) is 0. The van der Waals surface area contributed by atoms with Gasteiger partial charge in [-0.25, -0.2) is 0 Å². The van der Waals surface area contributed by atoms with E-state index in [0.717, 1.165) is 14.2 Å². The molecule has 0 aliphatic heterocycles. The van der Waals surface area contributed by atoms with Crippen molar-refractivity contribution < 1.29 is 96.9 Å².